The number of hydrogen-bond acceptors (Lipinski definition) is 12. The summed E-state index contributed by atoms with van der Waals surface area (Å²) in [6, 6.07) is 0. The summed E-state index contributed by atoms with van der Waals surface area (Å²) >= 11 is 0. The van der Waals surface area contributed by atoms with E-state index in [4.69, 9.17) is 23.8 Å². The van der Waals surface area contributed by atoms with Crippen LogP contribution in [0.1, 0.15) is 12.8 Å². The van der Waals surface area contributed by atoms with Gasteiger partial charge in [0.2, 0.25) is 0 Å². The molecule has 0 aliphatic carbocycles. The first-order chi connectivity index (χ1) is 15.0. The zero-order chi connectivity index (χ0) is 23.2. The highest BCUT2D eigenvalue weighted by molar-refractivity contribution is 5.63. The Morgan fingerprint density at radius 3 is 1.81 bits per heavy atom. The van der Waals surface area contributed by atoms with Crippen molar-refractivity contribution in [3.63, 3.8) is 0 Å². The average molecular weight is 456 g/mol. The molecule has 0 aliphatic heterocycles. The molecule has 31 heavy (non-hydrogen) atoms. The van der Waals surface area contributed by atoms with Crippen LogP contribution in [0.4, 0.5) is 0 Å². The van der Waals surface area contributed by atoms with E-state index in [2.05, 4.69) is 9.89 Å². The van der Waals surface area contributed by atoms with Gasteiger partial charge in [-0.1, -0.05) is 5.16 Å². The number of aldehydes is 1. The third kappa shape index (κ3) is 18.1. The van der Waals surface area contributed by atoms with Crippen molar-refractivity contribution in [3.8, 4) is 0 Å². The Balaban J connectivity index is 3.44. The molecule has 4 atom stereocenters. The molecule has 0 radical (unpaired) electrons. The highest BCUT2D eigenvalue weighted by Crippen LogP contribution is 2.04. The summed E-state index contributed by atoms with van der Waals surface area (Å²) in [6.07, 6.45) is -3.09. The van der Waals surface area contributed by atoms with Crippen molar-refractivity contribution in [2.75, 3.05) is 73.2 Å². The Bertz CT molecular complexity index is 428. The fourth-order valence-corrected chi connectivity index (χ4v) is 2.07. The summed E-state index contributed by atoms with van der Waals surface area (Å²) in [7, 11) is 1.33. The molecule has 0 fully saturated rings. The van der Waals surface area contributed by atoms with Crippen molar-refractivity contribution in [1.29, 1.82) is 0 Å². The summed E-state index contributed by atoms with van der Waals surface area (Å²) in [5.41, 5.74) is 0. The second-order valence-electron chi connectivity index (χ2n) is 6.34. The maximum absolute atomic E-state index is 10.1. The number of methoxy groups -OCH3 is 1. The van der Waals surface area contributed by atoms with E-state index in [9.17, 15) is 25.2 Å². The number of unbranched alkanes of at least 4 members (excludes halogenated alkanes) is 1. The van der Waals surface area contributed by atoms with Crippen LogP contribution in [-0.2, 0) is 33.3 Å². The molecule has 4 unspecified atom stereocenters. The Kier molecular flexibility index (Phi) is 21.1. The summed E-state index contributed by atoms with van der Waals surface area (Å²) in [5.74, 6) is 0. The van der Waals surface area contributed by atoms with Crippen molar-refractivity contribution in [1.82, 2.24) is 0 Å². The van der Waals surface area contributed by atoms with E-state index in [-0.39, 0.29) is 19.8 Å². The molecule has 0 heterocycles. The predicted octanol–water partition coefficient (Wildman–Crippen LogP) is -1.88. The van der Waals surface area contributed by atoms with Gasteiger partial charge in [-0.2, -0.15) is 0 Å². The van der Waals surface area contributed by atoms with Gasteiger partial charge in [0.1, 0.15) is 37.3 Å². The van der Waals surface area contributed by atoms with Crippen LogP contribution < -0.4 is 0 Å². The smallest absolute Gasteiger partial charge is 0.140 e. The molecule has 0 aromatic carbocycles. The van der Waals surface area contributed by atoms with Crippen LogP contribution in [0.5, 0.6) is 0 Å². The molecule has 4 N–H and O–H groups in total. The van der Waals surface area contributed by atoms with Gasteiger partial charge in [0.05, 0.1) is 59.1 Å². The highest BCUT2D eigenvalue weighted by Gasteiger charge is 2.29. The van der Waals surface area contributed by atoms with E-state index in [1.165, 1.54) is 7.11 Å². The first-order valence-corrected chi connectivity index (χ1v) is 10.2. The topological polar surface area (TPSA) is 166 Å². The SMILES string of the molecule is COCC(O)C(O)C(O)C(O)/C=N/OCCOCCOCCOCCOCCCC=O. The fourth-order valence-electron chi connectivity index (χ4n) is 2.07. The lowest BCUT2D eigenvalue weighted by Crippen LogP contribution is -2.46. The van der Waals surface area contributed by atoms with Gasteiger partial charge in [-0.15, -0.1) is 0 Å². The second kappa shape index (κ2) is 22.0. The third-order valence-electron chi connectivity index (χ3n) is 3.77. The molecule has 12 heteroatoms. The van der Waals surface area contributed by atoms with Gasteiger partial charge in [0.25, 0.3) is 0 Å². The van der Waals surface area contributed by atoms with Gasteiger partial charge in [-0.25, -0.2) is 0 Å². The standard InChI is InChI=1S/C19H37NO11/c1-26-15-17(23)19(25)18(24)16(22)14-20-31-13-12-30-11-10-29-9-8-28-7-6-27-5-3-2-4-21/h4,14,16-19,22-25H,2-3,5-13,15H2,1H3/b20-14+. The van der Waals surface area contributed by atoms with Crippen molar-refractivity contribution in [3.05, 3.63) is 0 Å². The molecule has 0 aromatic heterocycles. The molecular formula is C19H37NO11. The molecule has 0 saturated heterocycles. The molecule has 184 valence electrons. The Morgan fingerprint density at radius 1 is 0.774 bits per heavy atom. The van der Waals surface area contributed by atoms with Crippen molar-refractivity contribution < 1.29 is 53.7 Å². The Hall–Kier alpha value is -1.22. The number of ether oxygens (including phenoxy) is 5. The molecule has 0 aliphatic rings. The fraction of sp³-hybridized carbons (Fsp3) is 0.895. The number of oxime groups is 1. The lowest BCUT2D eigenvalue weighted by Gasteiger charge is -2.24. The number of carbonyl (C=O) groups excluding carboxylic acids is 1. The number of aliphatic hydroxyl groups is 4. The van der Waals surface area contributed by atoms with E-state index < -0.39 is 24.4 Å². The van der Waals surface area contributed by atoms with Gasteiger partial charge in [-0.05, 0) is 6.42 Å². The van der Waals surface area contributed by atoms with E-state index in [0.29, 0.717) is 52.7 Å². The van der Waals surface area contributed by atoms with E-state index in [1.807, 2.05) is 0 Å². The van der Waals surface area contributed by atoms with E-state index in [0.717, 1.165) is 18.9 Å². The van der Waals surface area contributed by atoms with E-state index >= 15 is 0 Å². The normalized spacial score (nSPS) is 15.6. The van der Waals surface area contributed by atoms with Crippen molar-refractivity contribution in [2.45, 2.75) is 37.3 Å². The van der Waals surface area contributed by atoms with Gasteiger partial charge in [-0.3, -0.25) is 0 Å². The predicted molar refractivity (Wildman–Crippen MR) is 109 cm³/mol. The molecule has 0 amide bonds. The Morgan fingerprint density at radius 2 is 1.29 bits per heavy atom. The largest absolute Gasteiger partial charge is 0.394 e. The minimum absolute atomic E-state index is 0.115. The van der Waals surface area contributed by atoms with Crippen LogP contribution in [0.15, 0.2) is 5.16 Å². The van der Waals surface area contributed by atoms with Gasteiger partial charge < -0.3 is 53.7 Å². The lowest BCUT2D eigenvalue weighted by molar-refractivity contribution is -0.108. The molecule has 0 aromatic rings. The molecule has 0 rings (SSSR count). The zero-order valence-corrected chi connectivity index (χ0v) is 18.0. The maximum atomic E-state index is 10.1. The van der Waals surface area contributed by atoms with Gasteiger partial charge in [0.15, 0.2) is 0 Å². The first kappa shape index (κ1) is 29.8. The van der Waals surface area contributed by atoms with Gasteiger partial charge >= 0.3 is 0 Å². The number of aliphatic hydroxyl groups excluding tert-OH is 4. The van der Waals surface area contributed by atoms with Crippen LogP contribution in [0, 0.1) is 0 Å². The van der Waals surface area contributed by atoms with Crippen LogP contribution in [-0.4, -0.2) is 131 Å². The van der Waals surface area contributed by atoms with Crippen molar-refractivity contribution >= 4 is 12.5 Å². The lowest BCUT2D eigenvalue weighted by atomic mass is 10.0. The molecule has 0 bridgehead atoms. The maximum Gasteiger partial charge on any atom is 0.140 e. The molecule has 0 spiro atoms. The Labute approximate surface area is 182 Å². The molecule has 0 saturated carbocycles. The van der Waals surface area contributed by atoms with Crippen LogP contribution >= 0.6 is 0 Å². The first-order valence-electron chi connectivity index (χ1n) is 10.2. The average Bonchev–Trinajstić information content (AvgIpc) is 2.77. The third-order valence-corrected chi connectivity index (χ3v) is 3.77. The highest BCUT2D eigenvalue weighted by atomic mass is 16.6. The van der Waals surface area contributed by atoms with Crippen LogP contribution in [0.25, 0.3) is 0 Å². The second-order valence-corrected chi connectivity index (χ2v) is 6.34. The molecular weight excluding hydrogens is 418 g/mol. The zero-order valence-electron chi connectivity index (χ0n) is 18.0. The molecule has 12 nitrogen and oxygen atoms in total. The number of hydrogen-bond donors (Lipinski definition) is 4. The number of carbonyl (C=O) groups is 1. The van der Waals surface area contributed by atoms with Gasteiger partial charge in [0, 0.05) is 20.1 Å². The van der Waals surface area contributed by atoms with E-state index in [1.54, 1.807) is 0 Å². The number of nitrogens with zero attached hydrogens (tertiary/aromatic N) is 1. The van der Waals surface area contributed by atoms with Crippen molar-refractivity contribution in [2.24, 2.45) is 5.16 Å². The number of rotatable bonds is 23. The van der Waals surface area contributed by atoms with Crippen LogP contribution in [0.3, 0.4) is 0 Å². The monoisotopic (exact) mass is 455 g/mol. The van der Waals surface area contributed by atoms with Crippen LogP contribution in [0.2, 0.25) is 0 Å². The summed E-state index contributed by atoms with van der Waals surface area (Å²) in [5, 5.41) is 42.0. The minimum Gasteiger partial charge on any atom is -0.394 e. The quantitative estimate of drug-likeness (QED) is 0.0590. The minimum atomic E-state index is -1.64. The summed E-state index contributed by atoms with van der Waals surface area (Å²) in [4.78, 5) is 15.0. The summed E-state index contributed by atoms with van der Waals surface area (Å²) < 4.78 is 25.8. The summed E-state index contributed by atoms with van der Waals surface area (Å²) in [6.45, 7) is 3.30.